The Morgan fingerprint density at radius 1 is 1.44 bits per heavy atom. The fraction of sp³-hybridized carbons (Fsp3) is 0.300. The number of carbonyl (C=O) groups excluding carboxylic acids is 3. The number of oxime groups is 1. The van der Waals surface area contributed by atoms with E-state index in [1.807, 2.05) is 6.07 Å². The molecule has 16 heteroatoms. The number of aromatic nitrogens is 2. The first-order valence-corrected chi connectivity index (χ1v) is 14.4. The lowest BCUT2D eigenvalue weighted by atomic mass is 10.0. The molecular formula is C20H21N7O5S4. The molecule has 2 atom stereocenters. The lowest BCUT2D eigenvalue weighted by Crippen LogP contribution is -2.71. The van der Waals surface area contributed by atoms with Crippen molar-refractivity contribution in [2.75, 3.05) is 23.8 Å². The molecule has 2 aliphatic rings. The van der Waals surface area contributed by atoms with Gasteiger partial charge in [0.05, 0.1) is 18.2 Å². The van der Waals surface area contributed by atoms with Crippen LogP contribution in [-0.4, -0.2) is 73.0 Å². The zero-order valence-electron chi connectivity index (χ0n) is 18.6. The molecular weight excluding hydrogens is 547 g/mol. The van der Waals surface area contributed by atoms with Crippen LogP contribution in [0.4, 0.5) is 5.13 Å². The molecule has 0 aromatic carbocycles. The SMILES string of the molecule is Nc1nc(/C(=N/O)C(=O)N[C@@H]2C(=O)N3C(C(=O)[O-])=C(Sc4ccncc4CSCC[NH3+])CS[C@H]23)cs1. The minimum Gasteiger partial charge on any atom is -0.543 e. The van der Waals surface area contributed by atoms with Crippen LogP contribution >= 0.6 is 46.6 Å². The van der Waals surface area contributed by atoms with Gasteiger partial charge in [0, 0.05) is 44.8 Å². The summed E-state index contributed by atoms with van der Waals surface area (Å²) in [6.07, 6.45) is 3.37. The largest absolute Gasteiger partial charge is 0.543 e. The molecule has 4 rings (SSSR count). The van der Waals surface area contributed by atoms with Gasteiger partial charge in [-0.15, -0.1) is 23.1 Å². The van der Waals surface area contributed by atoms with Gasteiger partial charge in [0.15, 0.2) is 10.8 Å². The van der Waals surface area contributed by atoms with Crippen LogP contribution in [0.2, 0.25) is 0 Å². The van der Waals surface area contributed by atoms with Crippen molar-refractivity contribution in [3.05, 3.63) is 45.7 Å². The van der Waals surface area contributed by atoms with Gasteiger partial charge in [-0.3, -0.25) is 19.5 Å². The minimum absolute atomic E-state index is 0.0629. The molecule has 0 radical (unpaired) electrons. The summed E-state index contributed by atoms with van der Waals surface area (Å²) in [5.74, 6) is -1.02. The number of pyridine rings is 1. The standard InChI is InChI=1S/C20H21N7O5S4/c21-2-4-33-6-9-5-23-3-1-11(9)36-12-8-34-18-14(17(29)27(18)15(12)19(30)31)25-16(28)13(26-32)10-7-35-20(22)24-10/h1,3,5,7,14,18,32H,2,4,6,8,21H2,(H2,22,24)(H,25,28)(H,30,31)/b26-13-/t14-,18-/m1/s1. The Morgan fingerprint density at radius 2 is 2.25 bits per heavy atom. The summed E-state index contributed by atoms with van der Waals surface area (Å²) in [5.41, 5.74) is 9.81. The number of thioether (sulfide) groups is 3. The number of aliphatic carboxylic acids is 1. The zero-order chi connectivity index (χ0) is 25.8. The molecule has 2 amide bonds. The molecule has 0 bridgehead atoms. The van der Waals surface area contributed by atoms with E-state index in [1.54, 1.807) is 24.2 Å². The summed E-state index contributed by atoms with van der Waals surface area (Å²) < 4.78 is 0. The van der Waals surface area contributed by atoms with Crippen molar-refractivity contribution in [3.8, 4) is 0 Å². The Bertz CT molecular complexity index is 1250. The summed E-state index contributed by atoms with van der Waals surface area (Å²) in [6, 6.07) is 0.801. The van der Waals surface area contributed by atoms with Crippen LogP contribution in [0.5, 0.6) is 0 Å². The number of carboxylic acids is 1. The zero-order valence-corrected chi connectivity index (χ0v) is 21.8. The number of carbonyl (C=O) groups is 3. The second kappa shape index (κ2) is 11.5. The Balaban J connectivity index is 1.51. The summed E-state index contributed by atoms with van der Waals surface area (Å²) in [5, 5.41) is 27.8. The molecule has 2 aromatic heterocycles. The maximum absolute atomic E-state index is 12.9. The second-order valence-electron chi connectivity index (χ2n) is 7.43. The van der Waals surface area contributed by atoms with Crippen molar-refractivity contribution >= 4 is 75.2 Å². The highest BCUT2D eigenvalue weighted by molar-refractivity contribution is 8.06. The normalized spacial score (nSPS) is 19.6. The van der Waals surface area contributed by atoms with Gasteiger partial charge in [-0.25, -0.2) is 4.98 Å². The van der Waals surface area contributed by atoms with E-state index in [2.05, 4.69) is 26.2 Å². The molecule has 2 aromatic rings. The third kappa shape index (κ3) is 5.31. The van der Waals surface area contributed by atoms with Crippen LogP contribution in [0.25, 0.3) is 0 Å². The monoisotopic (exact) mass is 567 g/mol. The Morgan fingerprint density at radius 3 is 2.92 bits per heavy atom. The topological polar surface area (TPSA) is 202 Å². The summed E-state index contributed by atoms with van der Waals surface area (Å²) in [6.45, 7) is 0.795. The average Bonchev–Trinajstić information content (AvgIpc) is 3.29. The van der Waals surface area contributed by atoms with Gasteiger partial charge >= 0.3 is 0 Å². The van der Waals surface area contributed by atoms with Gasteiger partial charge < -0.3 is 31.9 Å². The number of amides is 2. The highest BCUT2D eigenvalue weighted by atomic mass is 32.2. The van der Waals surface area contributed by atoms with Crippen molar-refractivity contribution in [1.29, 1.82) is 0 Å². The Kier molecular flexibility index (Phi) is 8.40. The van der Waals surface area contributed by atoms with Gasteiger partial charge in [0.2, 0.25) is 0 Å². The molecule has 0 unspecified atom stereocenters. The van der Waals surface area contributed by atoms with Crippen LogP contribution in [0.1, 0.15) is 11.3 Å². The van der Waals surface area contributed by atoms with Crippen molar-refractivity contribution < 1.29 is 30.4 Å². The molecule has 12 nitrogen and oxygen atoms in total. The third-order valence-corrected chi connectivity index (χ3v) is 9.56. The number of hydrogen-bond acceptors (Lipinski definition) is 13. The molecule has 0 spiro atoms. The smallest absolute Gasteiger partial charge is 0.276 e. The number of carboxylic acid groups (broad SMARTS) is 1. The Hall–Kier alpha value is -2.79. The van der Waals surface area contributed by atoms with Gasteiger partial charge in [-0.1, -0.05) is 16.9 Å². The number of hydrogen-bond donors (Lipinski definition) is 4. The quantitative estimate of drug-likeness (QED) is 0.0895. The fourth-order valence-electron chi connectivity index (χ4n) is 3.52. The minimum atomic E-state index is -1.47. The molecule has 1 fully saturated rings. The van der Waals surface area contributed by atoms with Crippen molar-refractivity contribution in [2.24, 2.45) is 5.16 Å². The molecule has 36 heavy (non-hydrogen) atoms. The number of nitrogens with two attached hydrogens (primary N) is 1. The van der Waals surface area contributed by atoms with Crippen LogP contribution in [0.3, 0.4) is 0 Å². The molecule has 2 aliphatic heterocycles. The maximum Gasteiger partial charge on any atom is 0.276 e. The van der Waals surface area contributed by atoms with Crippen LogP contribution in [-0.2, 0) is 20.1 Å². The lowest BCUT2D eigenvalue weighted by Gasteiger charge is -2.50. The summed E-state index contributed by atoms with van der Waals surface area (Å²) in [7, 11) is 0. The average molecular weight is 568 g/mol. The lowest BCUT2D eigenvalue weighted by molar-refractivity contribution is -0.360. The van der Waals surface area contributed by atoms with E-state index in [4.69, 9.17) is 5.73 Å². The molecule has 7 N–H and O–H groups in total. The first-order chi connectivity index (χ1) is 17.3. The summed E-state index contributed by atoms with van der Waals surface area (Å²) in [4.78, 5) is 48.2. The van der Waals surface area contributed by atoms with E-state index in [0.717, 1.165) is 39.0 Å². The first kappa shape index (κ1) is 26.3. The number of nitrogen functional groups attached to an aromatic ring is 1. The molecule has 190 valence electrons. The molecule has 0 aliphatic carbocycles. The van der Waals surface area contributed by atoms with E-state index in [0.29, 0.717) is 16.4 Å². The number of quaternary nitrogens is 1. The van der Waals surface area contributed by atoms with Crippen molar-refractivity contribution in [1.82, 2.24) is 20.2 Å². The number of anilines is 1. The third-order valence-electron chi connectivity index (χ3n) is 5.13. The van der Waals surface area contributed by atoms with Gasteiger partial charge in [0.25, 0.3) is 11.8 Å². The molecule has 1 saturated heterocycles. The number of thiazole rings is 1. The molecule has 4 heterocycles. The van der Waals surface area contributed by atoms with Crippen molar-refractivity contribution in [2.45, 2.75) is 22.1 Å². The van der Waals surface area contributed by atoms with Gasteiger partial charge in [-0.05, 0) is 11.6 Å². The van der Waals surface area contributed by atoms with E-state index in [-0.39, 0.29) is 16.5 Å². The maximum atomic E-state index is 12.9. The number of rotatable bonds is 10. The predicted molar refractivity (Wildman–Crippen MR) is 136 cm³/mol. The number of fused-ring (bicyclic) bond motifs is 1. The number of β-lactam (4-membered cyclic amide) rings is 1. The first-order valence-electron chi connectivity index (χ1n) is 10.5. The van der Waals surface area contributed by atoms with Crippen LogP contribution in [0, 0.1) is 0 Å². The van der Waals surface area contributed by atoms with Crippen molar-refractivity contribution in [3.63, 3.8) is 0 Å². The predicted octanol–water partition coefficient (Wildman–Crippen LogP) is -1.07. The second-order valence-corrected chi connectivity index (χ2v) is 11.7. The van der Waals surface area contributed by atoms with Crippen LogP contribution in [0.15, 0.2) is 44.5 Å². The number of nitrogens with one attached hydrogen (secondary N) is 1. The van der Waals surface area contributed by atoms with E-state index in [1.165, 1.54) is 28.9 Å². The molecule has 0 saturated carbocycles. The van der Waals surface area contributed by atoms with E-state index >= 15 is 0 Å². The van der Waals surface area contributed by atoms with E-state index < -0.39 is 34.9 Å². The fourth-order valence-corrected chi connectivity index (χ4v) is 7.52. The highest BCUT2D eigenvalue weighted by Gasteiger charge is 2.53. The highest BCUT2D eigenvalue weighted by Crippen LogP contribution is 2.45. The van der Waals surface area contributed by atoms with Gasteiger partial charge in [-0.2, -0.15) is 11.8 Å². The summed E-state index contributed by atoms with van der Waals surface area (Å²) >= 11 is 5.35. The van der Waals surface area contributed by atoms with E-state index in [9.17, 15) is 24.7 Å². The number of nitrogens with zero attached hydrogens (tertiary/aromatic N) is 4. The van der Waals surface area contributed by atoms with Gasteiger partial charge in [0.1, 0.15) is 17.1 Å². The Labute approximate surface area is 222 Å². The van der Waals surface area contributed by atoms with Crippen LogP contribution < -0.4 is 21.9 Å².